The smallest absolute Gasteiger partial charge is 0.313 e. The van der Waals surface area contributed by atoms with Gasteiger partial charge >= 0.3 is 17.8 Å². The predicted molar refractivity (Wildman–Crippen MR) is 143 cm³/mol. The number of Topliss-reactive ketones (excluding diaryl/α,β-unsaturated/α-hetero) is 1. The molecule has 0 saturated heterocycles. The average Bonchev–Trinajstić information content (AvgIpc) is 2.94. The van der Waals surface area contributed by atoms with Crippen molar-refractivity contribution >= 4 is 35.2 Å². The molecule has 11 nitrogen and oxygen atoms in total. The number of unbranched alkanes of at least 4 members (excludes halogenated alkanes) is 1. The number of hydrogen-bond donors (Lipinski definition) is 4. The summed E-state index contributed by atoms with van der Waals surface area (Å²) >= 11 is 0. The third kappa shape index (κ3) is 10.3. The number of carboxylic acids is 1. The van der Waals surface area contributed by atoms with Gasteiger partial charge in [0, 0.05) is 11.8 Å². The fourth-order valence-corrected chi connectivity index (χ4v) is 3.50. The van der Waals surface area contributed by atoms with Crippen molar-refractivity contribution in [3.05, 3.63) is 53.6 Å². The van der Waals surface area contributed by atoms with Crippen molar-refractivity contribution in [2.45, 2.75) is 52.1 Å². The van der Waals surface area contributed by atoms with Crippen molar-refractivity contribution in [3.63, 3.8) is 0 Å². The zero-order valence-corrected chi connectivity index (χ0v) is 23.5. The third-order valence-corrected chi connectivity index (χ3v) is 5.83. The van der Waals surface area contributed by atoms with Crippen LogP contribution in [0.2, 0.25) is 0 Å². The highest BCUT2D eigenvalue weighted by Gasteiger charge is 2.32. The molecule has 1 unspecified atom stereocenters. The number of benzene rings is 2. The molecular formula is C28H31F4N3O8. The topological polar surface area (TPSA) is 160 Å². The molecule has 2 aromatic rings. The number of carbonyl (C=O) groups is 5. The zero-order valence-electron chi connectivity index (χ0n) is 23.5. The Balaban J connectivity index is 2.06. The van der Waals surface area contributed by atoms with E-state index in [1.807, 2.05) is 6.92 Å². The first-order valence-corrected chi connectivity index (χ1v) is 13.1. The molecule has 234 valence electrons. The van der Waals surface area contributed by atoms with E-state index in [0.717, 1.165) is 12.8 Å². The third-order valence-electron chi connectivity index (χ3n) is 5.83. The molecule has 0 aromatic heterocycles. The number of ether oxygens (including phenoxy) is 2. The number of aliphatic carboxylic acids is 1. The van der Waals surface area contributed by atoms with Gasteiger partial charge in [-0.1, -0.05) is 27.2 Å². The van der Waals surface area contributed by atoms with Gasteiger partial charge in [-0.05, 0) is 36.6 Å². The summed E-state index contributed by atoms with van der Waals surface area (Å²) < 4.78 is 64.6. The molecule has 0 aliphatic heterocycles. The minimum absolute atomic E-state index is 0.0758. The van der Waals surface area contributed by atoms with Gasteiger partial charge in [0.05, 0.1) is 13.0 Å². The largest absolute Gasteiger partial charge is 0.494 e. The van der Waals surface area contributed by atoms with Gasteiger partial charge in [-0.3, -0.25) is 24.0 Å². The quantitative estimate of drug-likeness (QED) is 0.103. The van der Waals surface area contributed by atoms with Crippen molar-refractivity contribution in [3.8, 4) is 11.5 Å². The van der Waals surface area contributed by atoms with Crippen molar-refractivity contribution in [1.82, 2.24) is 10.6 Å². The molecule has 4 N–H and O–H groups in total. The van der Waals surface area contributed by atoms with E-state index in [1.165, 1.54) is 26.0 Å². The molecular weight excluding hydrogens is 582 g/mol. The molecule has 0 saturated carbocycles. The first-order chi connectivity index (χ1) is 20.2. The van der Waals surface area contributed by atoms with Crippen molar-refractivity contribution in [2.24, 2.45) is 5.92 Å². The Morgan fingerprint density at radius 2 is 1.49 bits per heavy atom. The van der Waals surface area contributed by atoms with Crippen LogP contribution in [0.15, 0.2) is 30.3 Å². The number of rotatable bonds is 15. The lowest BCUT2D eigenvalue weighted by Crippen LogP contribution is -2.56. The van der Waals surface area contributed by atoms with Gasteiger partial charge in [0.25, 0.3) is 0 Å². The standard InChI is InChI=1S/C28H31F4N3O8/c1-4-5-10-42-16-8-6-15(7-9-16)33-27(40)28(41)35-24(14(2)3)26(39)34-19(12-21(37)38)20(36)13-43-25-22(31)17(29)11-18(30)23(25)32/h6-9,11,14,19,24H,4-5,10,12-13H2,1-3H3,(H,33,40)(H,34,39)(H,35,41)(H,37,38)/t19?,24-/m0/s1. The zero-order chi connectivity index (χ0) is 32.3. The molecule has 43 heavy (non-hydrogen) atoms. The SMILES string of the molecule is CCCCOc1ccc(NC(=O)C(=O)N[C@H](C(=O)NC(CC(=O)O)C(=O)COc2c(F)c(F)cc(F)c2F)C(C)C)cc1. The molecule has 0 aliphatic carbocycles. The fraction of sp³-hybridized carbons (Fsp3) is 0.393. The second-order valence-corrected chi connectivity index (χ2v) is 9.59. The highest BCUT2D eigenvalue weighted by atomic mass is 19.2. The number of ketones is 1. The molecule has 0 radical (unpaired) electrons. The van der Waals surface area contributed by atoms with Crippen LogP contribution in [-0.4, -0.2) is 59.9 Å². The van der Waals surface area contributed by atoms with Crippen LogP contribution < -0.4 is 25.4 Å². The summed E-state index contributed by atoms with van der Waals surface area (Å²) in [6.45, 7) is 4.22. The lowest BCUT2D eigenvalue weighted by atomic mass is 10.0. The maximum absolute atomic E-state index is 13.8. The van der Waals surface area contributed by atoms with Gasteiger partial charge in [0.1, 0.15) is 24.4 Å². The van der Waals surface area contributed by atoms with Gasteiger partial charge in [-0.2, -0.15) is 8.78 Å². The van der Waals surface area contributed by atoms with Crippen LogP contribution in [0.1, 0.15) is 40.0 Å². The molecule has 0 aliphatic rings. The van der Waals surface area contributed by atoms with E-state index in [-0.39, 0.29) is 11.8 Å². The number of nitrogens with one attached hydrogen (secondary N) is 3. The Morgan fingerprint density at radius 3 is 2.02 bits per heavy atom. The van der Waals surface area contributed by atoms with E-state index in [9.17, 15) is 46.6 Å². The van der Waals surface area contributed by atoms with E-state index < -0.39 is 89.5 Å². The number of hydrogen-bond acceptors (Lipinski definition) is 7. The summed E-state index contributed by atoms with van der Waals surface area (Å²) in [7, 11) is 0. The number of halogens is 4. The lowest BCUT2D eigenvalue weighted by Gasteiger charge is -2.24. The van der Waals surface area contributed by atoms with E-state index in [4.69, 9.17) is 4.74 Å². The first kappa shape index (κ1) is 34.5. The highest BCUT2D eigenvalue weighted by Crippen LogP contribution is 2.26. The van der Waals surface area contributed by atoms with Gasteiger partial charge < -0.3 is 30.5 Å². The maximum Gasteiger partial charge on any atom is 0.313 e. The summed E-state index contributed by atoms with van der Waals surface area (Å²) in [5.41, 5.74) is 0.256. The highest BCUT2D eigenvalue weighted by molar-refractivity contribution is 6.40. The van der Waals surface area contributed by atoms with E-state index in [1.54, 1.807) is 12.1 Å². The van der Waals surface area contributed by atoms with Crippen molar-refractivity contribution < 1.29 is 56.1 Å². The first-order valence-electron chi connectivity index (χ1n) is 13.1. The number of carbonyl (C=O) groups excluding carboxylic acids is 4. The summed E-state index contributed by atoms with van der Waals surface area (Å²) in [6, 6.07) is 2.81. The Morgan fingerprint density at radius 1 is 0.884 bits per heavy atom. The number of carboxylic acid groups (broad SMARTS) is 1. The summed E-state index contributed by atoms with van der Waals surface area (Å²) in [5, 5.41) is 15.8. The van der Waals surface area contributed by atoms with Gasteiger partial charge in [-0.25, -0.2) is 8.78 Å². The van der Waals surface area contributed by atoms with Crippen molar-refractivity contribution in [2.75, 3.05) is 18.5 Å². The molecule has 0 bridgehead atoms. The van der Waals surface area contributed by atoms with Crippen LogP contribution in [-0.2, 0) is 24.0 Å². The van der Waals surface area contributed by atoms with Crippen LogP contribution in [0.3, 0.4) is 0 Å². The summed E-state index contributed by atoms with van der Waals surface area (Å²) in [6.07, 6.45) is 0.789. The summed E-state index contributed by atoms with van der Waals surface area (Å²) in [5.74, 6) is -15.3. The molecule has 2 rings (SSSR count). The Bertz CT molecular complexity index is 1310. The molecule has 2 aromatic carbocycles. The molecule has 15 heteroatoms. The predicted octanol–water partition coefficient (Wildman–Crippen LogP) is 3.11. The minimum atomic E-state index is -1.93. The average molecular weight is 614 g/mol. The van der Waals surface area contributed by atoms with Gasteiger partial charge in [0.2, 0.25) is 17.5 Å². The lowest BCUT2D eigenvalue weighted by molar-refractivity contribution is -0.141. The van der Waals surface area contributed by atoms with Crippen LogP contribution in [0.25, 0.3) is 0 Å². The van der Waals surface area contributed by atoms with Gasteiger partial charge in [-0.15, -0.1) is 0 Å². The molecule has 2 atom stereocenters. The second kappa shape index (κ2) is 16.1. The van der Waals surface area contributed by atoms with Crippen LogP contribution in [0.5, 0.6) is 11.5 Å². The van der Waals surface area contributed by atoms with Crippen LogP contribution >= 0.6 is 0 Å². The van der Waals surface area contributed by atoms with Crippen molar-refractivity contribution in [1.29, 1.82) is 0 Å². The Hall–Kier alpha value is -4.69. The summed E-state index contributed by atoms with van der Waals surface area (Å²) in [4.78, 5) is 61.8. The Labute approximate surface area is 243 Å². The fourth-order valence-electron chi connectivity index (χ4n) is 3.50. The number of amides is 3. The molecule has 0 fully saturated rings. The molecule has 0 spiro atoms. The Kier molecular flexibility index (Phi) is 12.9. The van der Waals surface area contributed by atoms with Crippen LogP contribution in [0.4, 0.5) is 23.2 Å². The van der Waals surface area contributed by atoms with E-state index in [0.29, 0.717) is 12.4 Å². The van der Waals surface area contributed by atoms with E-state index >= 15 is 0 Å². The van der Waals surface area contributed by atoms with Gasteiger partial charge in [0.15, 0.2) is 23.2 Å². The molecule has 0 heterocycles. The normalized spacial score (nSPS) is 12.2. The van der Waals surface area contributed by atoms with E-state index in [2.05, 4.69) is 20.7 Å². The number of anilines is 1. The van der Waals surface area contributed by atoms with Crippen LogP contribution in [0, 0.1) is 29.2 Å². The monoisotopic (exact) mass is 613 g/mol. The minimum Gasteiger partial charge on any atom is -0.494 e. The second-order valence-electron chi connectivity index (χ2n) is 9.59. The maximum atomic E-state index is 13.8. The molecule has 3 amide bonds.